The van der Waals surface area contributed by atoms with Crippen molar-refractivity contribution in [3.63, 3.8) is 0 Å². The molecule has 0 fully saturated rings. The summed E-state index contributed by atoms with van der Waals surface area (Å²) in [4.78, 5) is 23.9. The fourth-order valence-corrected chi connectivity index (χ4v) is 3.00. The van der Waals surface area contributed by atoms with Gasteiger partial charge in [-0.25, -0.2) is 4.79 Å². The number of amides is 2. The first kappa shape index (κ1) is 35.7. The van der Waals surface area contributed by atoms with Gasteiger partial charge in [0.15, 0.2) is 6.29 Å². The van der Waals surface area contributed by atoms with Gasteiger partial charge in [-0.15, -0.1) is 12.3 Å². The van der Waals surface area contributed by atoms with Crippen molar-refractivity contribution in [1.29, 1.82) is 0 Å². The molecule has 0 aliphatic rings. The Kier molecular flexibility index (Phi) is 22.1. The lowest BCUT2D eigenvalue weighted by molar-refractivity contribution is -0.105. The van der Waals surface area contributed by atoms with Crippen LogP contribution in [0.1, 0.15) is 54.9 Å². The number of likely N-dealkylation sites (N-methyl/N-ethyl adjacent to an activating group) is 1. The van der Waals surface area contributed by atoms with Gasteiger partial charge >= 0.3 is 6.03 Å². The number of benzene rings is 1. The zero-order valence-electron chi connectivity index (χ0n) is 23.5. The highest BCUT2D eigenvalue weighted by Gasteiger charge is 2.16. The van der Waals surface area contributed by atoms with E-state index >= 15 is 0 Å². The number of nitrogens with zero attached hydrogens (tertiary/aromatic N) is 2. The van der Waals surface area contributed by atoms with Gasteiger partial charge in [-0.05, 0) is 78.3 Å². The average molecular weight is 572 g/mol. The van der Waals surface area contributed by atoms with Crippen molar-refractivity contribution >= 4 is 33.9 Å². The number of aldehydes is 1. The van der Waals surface area contributed by atoms with E-state index in [2.05, 4.69) is 51.9 Å². The van der Waals surface area contributed by atoms with Gasteiger partial charge in [0.05, 0.1) is 11.4 Å². The molecule has 0 aromatic heterocycles. The number of rotatable bonds is 10. The van der Waals surface area contributed by atoms with Crippen LogP contribution in [0.15, 0.2) is 88.4 Å². The Morgan fingerprint density at radius 3 is 2.05 bits per heavy atom. The maximum atomic E-state index is 12.3. The number of halogens is 1. The van der Waals surface area contributed by atoms with Crippen LogP contribution in [0.2, 0.25) is 0 Å². The number of hydrogen-bond donors (Lipinski definition) is 2. The minimum Gasteiger partial charge on any atom is -0.308 e. The topological polar surface area (TPSA) is 64.7 Å². The second-order valence-electron chi connectivity index (χ2n) is 7.31. The van der Waals surface area contributed by atoms with E-state index in [9.17, 15) is 9.59 Å². The second-order valence-corrected chi connectivity index (χ2v) is 8.22. The quantitative estimate of drug-likeness (QED) is 0.0988. The molecule has 0 spiro atoms. The second kappa shape index (κ2) is 22.9. The van der Waals surface area contributed by atoms with Crippen LogP contribution in [0.3, 0.4) is 0 Å². The first-order valence-corrected chi connectivity index (χ1v) is 12.9. The fourth-order valence-electron chi connectivity index (χ4n) is 2.74. The van der Waals surface area contributed by atoms with Gasteiger partial charge in [0.25, 0.3) is 0 Å². The van der Waals surface area contributed by atoms with Crippen LogP contribution >= 0.6 is 15.9 Å². The smallest absolute Gasteiger partial charge is 0.308 e. The Bertz CT molecular complexity index is 974. The van der Waals surface area contributed by atoms with Crippen molar-refractivity contribution in [3.8, 4) is 12.3 Å². The lowest BCUT2D eigenvalue weighted by atomic mass is 10.3. The molecule has 0 saturated heterocycles. The first-order chi connectivity index (χ1) is 17.7. The number of carbonyl (C=O) groups is 2. The molecule has 1 rings (SSSR count). The van der Waals surface area contributed by atoms with Gasteiger partial charge in [-0.3, -0.25) is 14.8 Å². The number of carbonyl (C=O) groups excluding carboxylic acids is 2. The Labute approximate surface area is 233 Å². The number of anilines is 1. The lowest BCUT2D eigenvalue weighted by Gasteiger charge is -2.36. The molecule has 2 N–H and O–H groups in total. The summed E-state index contributed by atoms with van der Waals surface area (Å²) < 4.78 is 0.918. The third kappa shape index (κ3) is 16.0. The molecule has 0 aliphatic heterocycles. The van der Waals surface area contributed by atoms with Gasteiger partial charge < -0.3 is 10.6 Å². The average Bonchev–Trinajstić information content (AvgIpc) is 2.89. The molecule has 1 aromatic rings. The number of urea groups is 1. The van der Waals surface area contributed by atoms with Crippen molar-refractivity contribution in [3.05, 3.63) is 88.4 Å². The van der Waals surface area contributed by atoms with E-state index in [0.717, 1.165) is 16.6 Å². The Balaban J connectivity index is 0. The molecular formula is C30H43BrN4O2. The number of terminal acetylenes is 1. The van der Waals surface area contributed by atoms with Crippen LogP contribution in [0.5, 0.6) is 0 Å². The number of hydrogen-bond acceptors (Lipinski definition) is 4. The predicted octanol–water partition coefficient (Wildman–Crippen LogP) is 7.82. The van der Waals surface area contributed by atoms with E-state index in [-0.39, 0.29) is 5.70 Å². The van der Waals surface area contributed by atoms with Gasteiger partial charge in [0.1, 0.15) is 5.70 Å². The first-order valence-electron chi connectivity index (χ1n) is 12.2. The van der Waals surface area contributed by atoms with E-state index in [1.54, 1.807) is 26.0 Å². The van der Waals surface area contributed by atoms with Gasteiger partial charge in [0.2, 0.25) is 0 Å². The summed E-state index contributed by atoms with van der Waals surface area (Å²) in [6.07, 6.45) is 20.3. The SMILES string of the molecule is C#CC.C/C=C(\C=C/CC)N(CC)N(C)/C(C)=C(\C=O)NC(=O)Nc1ccc(Br)cc1.C/C=C\C=C/C. The summed E-state index contributed by atoms with van der Waals surface area (Å²) in [6.45, 7) is 14.2. The molecule has 202 valence electrons. The van der Waals surface area contributed by atoms with Crippen molar-refractivity contribution in [2.45, 2.75) is 54.9 Å². The fraction of sp³-hybridized carbons (Fsp3) is 0.333. The molecule has 0 bridgehead atoms. The lowest BCUT2D eigenvalue weighted by Crippen LogP contribution is -2.40. The molecule has 7 heteroatoms. The molecule has 0 aliphatic carbocycles. The summed E-state index contributed by atoms with van der Waals surface area (Å²) in [7, 11) is 1.86. The Morgan fingerprint density at radius 1 is 1.11 bits per heavy atom. The standard InChI is InChI=1S/C21H29BrN4O2.C6H10.C3H4/c1-6-9-10-19(7-2)26(8-3)25(5)16(4)20(15-27)24-21(28)23-18-13-11-17(22)12-14-18;1-3-5-6-4-2;1-3-2/h7,9-15H,6,8H2,1-5H3,(H2,23,24,28);3-6H,1-2H3;1H,2H3/b10-9-,19-7+,20-16+;5-3-,6-4-;. The van der Waals surface area contributed by atoms with Crippen LogP contribution < -0.4 is 10.6 Å². The third-order valence-electron chi connectivity index (χ3n) is 4.62. The minimum atomic E-state index is -0.475. The normalized spacial score (nSPS) is 11.5. The molecule has 0 saturated carbocycles. The van der Waals surface area contributed by atoms with Gasteiger partial charge in [-0.1, -0.05) is 59.3 Å². The summed E-state index contributed by atoms with van der Waals surface area (Å²) in [5.74, 6) is 2.25. The van der Waals surface area contributed by atoms with Crippen LogP contribution in [-0.4, -0.2) is 35.9 Å². The van der Waals surface area contributed by atoms with Gasteiger partial charge in [0, 0.05) is 23.8 Å². The monoisotopic (exact) mass is 570 g/mol. The van der Waals surface area contributed by atoms with Crippen molar-refractivity contribution in [2.75, 3.05) is 18.9 Å². The molecule has 0 radical (unpaired) electrons. The van der Waals surface area contributed by atoms with Crippen LogP contribution in [0.25, 0.3) is 0 Å². The summed E-state index contributed by atoms with van der Waals surface area (Å²) in [5.41, 5.74) is 2.47. The van der Waals surface area contributed by atoms with Crippen molar-refractivity contribution in [2.24, 2.45) is 0 Å². The molecule has 37 heavy (non-hydrogen) atoms. The van der Waals surface area contributed by atoms with E-state index in [4.69, 9.17) is 0 Å². The molecule has 0 unspecified atom stereocenters. The Morgan fingerprint density at radius 2 is 1.65 bits per heavy atom. The molecule has 0 heterocycles. The zero-order valence-corrected chi connectivity index (χ0v) is 25.1. The van der Waals surface area contributed by atoms with E-state index in [1.165, 1.54) is 0 Å². The van der Waals surface area contributed by atoms with Crippen molar-refractivity contribution < 1.29 is 9.59 Å². The summed E-state index contributed by atoms with van der Waals surface area (Å²) >= 11 is 3.35. The largest absolute Gasteiger partial charge is 0.323 e. The molecule has 2 amide bonds. The zero-order chi connectivity index (χ0) is 28.6. The third-order valence-corrected chi connectivity index (χ3v) is 5.15. The minimum absolute atomic E-state index is 0.200. The van der Waals surface area contributed by atoms with Crippen LogP contribution in [-0.2, 0) is 4.79 Å². The summed E-state index contributed by atoms with van der Waals surface area (Å²) in [5, 5.41) is 9.23. The maximum absolute atomic E-state index is 12.3. The molecule has 6 nitrogen and oxygen atoms in total. The van der Waals surface area contributed by atoms with Crippen LogP contribution in [0, 0.1) is 12.3 Å². The van der Waals surface area contributed by atoms with Crippen LogP contribution in [0.4, 0.5) is 10.5 Å². The molecular weight excluding hydrogens is 528 g/mol. The molecule has 0 atom stereocenters. The van der Waals surface area contributed by atoms with Crippen molar-refractivity contribution in [1.82, 2.24) is 15.3 Å². The maximum Gasteiger partial charge on any atom is 0.323 e. The number of nitrogens with one attached hydrogen (secondary N) is 2. The molecule has 1 aromatic carbocycles. The van der Waals surface area contributed by atoms with E-state index in [1.807, 2.05) is 93.3 Å². The highest BCUT2D eigenvalue weighted by atomic mass is 79.9. The Hall–Kier alpha value is -3.50. The number of hydrazine groups is 1. The highest BCUT2D eigenvalue weighted by molar-refractivity contribution is 9.10. The summed E-state index contributed by atoms with van der Waals surface area (Å²) in [6, 6.07) is 6.71. The number of allylic oxidation sites excluding steroid dienone is 9. The van der Waals surface area contributed by atoms with E-state index < -0.39 is 6.03 Å². The van der Waals surface area contributed by atoms with E-state index in [0.29, 0.717) is 24.2 Å². The van der Waals surface area contributed by atoms with Gasteiger partial charge in [-0.2, -0.15) is 0 Å². The predicted molar refractivity (Wildman–Crippen MR) is 163 cm³/mol. The highest BCUT2D eigenvalue weighted by Crippen LogP contribution is 2.17.